The van der Waals surface area contributed by atoms with E-state index in [1.165, 1.54) is 35.0 Å². The smallest absolute Gasteiger partial charge is 0.465 e. The number of anilines is 2. The number of amides is 2. The van der Waals surface area contributed by atoms with Crippen LogP contribution in [0, 0.1) is 16.2 Å². The van der Waals surface area contributed by atoms with E-state index < -0.39 is 70.7 Å². The Hall–Kier alpha value is -4.44. The van der Waals surface area contributed by atoms with Crippen molar-refractivity contribution in [2.45, 2.75) is 104 Å². The normalized spacial score (nSPS) is 24.6. The highest BCUT2D eigenvalue weighted by Gasteiger charge is 2.73. The summed E-state index contributed by atoms with van der Waals surface area (Å²) in [5.41, 5.74) is -3.41. The minimum Gasteiger partial charge on any atom is -0.465 e. The first-order valence-corrected chi connectivity index (χ1v) is 27.2. The zero-order chi connectivity index (χ0) is 49.6. The lowest BCUT2D eigenvalue weighted by Gasteiger charge is -2.72. The van der Waals surface area contributed by atoms with Crippen molar-refractivity contribution in [3.63, 3.8) is 0 Å². The Balaban J connectivity index is 0.917. The third kappa shape index (κ3) is 11.2. The number of likely N-dealkylation sites (tertiary alicyclic amines) is 1. The molecule has 2 amide bonds. The lowest BCUT2D eigenvalue weighted by atomic mass is 9.32. The topological polar surface area (TPSA) is 168 Å². The molecule has 9 rings (SSSR count). The van der Waals surface area contributed by atoms with E-state index >= 15 is 0 Å². The number of benzene rings is 3. The highest BCUT2D eigenvalue weighted by molar-refractivity contribution is 7.99. The molecule has 3 aromatic rings. The predicted molar refractivity (Wildman–Crippen MR) is 254 cm³/mol. The number of carbonyl (C=O) groups is 2. The molecule has 6 aliphatic rings. The fraction of sp³-hybridized carbons (Fsp3) is 0.542. The van der Waals surface area contributed by atoms with E-state index in [0.29, 0.717) is 70.9 Å². The van der Waals surface area contributed by atoms with Crippen LogP contribution in [-0.4, -0.2) is 126 Å². The van der Waals surface area contributed by atoms with Gasteiger partial charge in [0.25, 0.3) is 25.8 Å². The van der Waals surface area contributed by atoms with Crippen LogP contribution in [0.1, 0.15) is 75.6 Å². The summed E-state index contributed by atoms with van der Waals surface area (Å²) >= 11 is 1.38. The summed E-state index contributed by atoms with van der Waals surface area (Å²) in [7, 11) is -11.0. The van der Waals surface area contributed by atoms with Gasteiger partial charge in [-0.25, -0.2) is 35.1 Å². The summed E-state index contributed by atoms with van der Waals surface area (Å²) in [5, 5.41) is 14.5. The molecule has 13 nitrogen and oxygen atoms in total. The van der Waals surface area contributed by atoms with Crippen molar-refractivity contribution in [1.29, 1.82) is 0 Å². The average Bonchev–Trinajstić information content (AvgIpc) is 3.70. The average molecular weight is 1020 g/mol. The van der Waals surface area contributed by atoms with E-state index in [-0.39, 0.29) is 28.2 Å². The van der Waals surface area contributed by atoms with Crippen LogP contribution in [0.5, 0.6) is 0 Å². The van der Waals surface area contributed by atoms with Crippen LogP contribution >= 0.6 is 11.8 Å². The van der Waals surface area contributed by atoms with Crippen molar-refractivity contribution in [3.8, 4) is 0 Å². The van der Waals surface area contributed by atoms with Crippen molar-refractivity contribution in [3.05, 3.63) is 89.5 Å². The number of rotatable bonds is 18. The summed E-state index contributed by atoms with van der Waals surface area (Å²) in [6, 6.07) is 16.7. The van der Waals surface area contributed by atoms with Gasteiger partial charge >= 0.3 is 11.6 Å². The highest BCUT2D eigenvalue weighted by atomic mass is 32.2. The molecule has 2 aliphatic heterocycles. The summed E-state index contributed by atoms with van der Waals surface area (Å²) in [4.78, 5) is 29.7. The Labute approximate surface area is 404 Å². The van der Waals surface area contributed by atoms with Gasteiger partial charge in [-0.2, -0.15) is 13.2 Å². The third-order valence-electron chi connectivity index (χ3n) is 14.7. The summed E-state index contributed by atoms with van der Waals surface area (Å²) in [6.45, 7) is 9.59. The summed E-state index contributed by atoms with van der Waals surface area (Å²) in [5.74, 6) is -0.795. The van der Waals surface area contributed by atoms with Crippen LogP contribution in [0.4, 0.5) is 38.1 Å². The van der Waals surface area contributed by atoms with Crippen molar-refractivity contribution >= 4 is 55.0 Å². The zero-order valence-corrected chi connectivity index (χ0v) is 41.0. The number of alkyl halides is 5. The predicted octanol–water partition coefficient (Wildman–Crippen LogP) is 8.47. The largest absolute Gasteiger partial charge is 0.501 e. The van der Waals surface area contributed by atoms with E-state index in [2.05, 4.69) is 34.3 Å². The maximum absolute atomic E-state index is 14.2. The maximum atomic E-state index is 14.2. The maximum Gasteiger partial charge on any atom is 0.501 e. The van der Waals surface area contributed by atoms with Crippen molar-refractivity contribution in [2.24, 2.45) is 16.2 Å². The minimum atomic E-state index is -6.13. The van der Waals surface area contributed by atoms with Crippen molar-refractivity contribution in [1.82, 2.24) is 19.8 Å². The first-order valence-electron chi connectivity index (χ1n) is 23.2. The molecule has 0 radical (unpaired) electrons. The van der Waals surface area contributed by atoms with Gasteiger partial charge in [-0.1, -0.05) is 43.2 Å². The first-order chi connectivity index (χ1) is 32.5. The lowest BCUT2D eigenvalue weighted by molar-refractivity contribution is -0.250. The number of nitrogens with zero attached hydrogens (tertiary/aromatic N) is 3. The Morgan fingerprint density at radius 3 is 2.22 bits per heavy atom. The molecule has 2 heterocycles. The Kier molecular flexibility index (Phi) is 14.5. The van der Waals surface area contributed by atoms with Gasteiger partial charge in [0.05, 0.1) is 10.6 Å². The summed E-state index contributed by atoms with van der Waals surface area (Å²) < 4.78 is 125. The third-order valence-corrected chi connectivity index (χ3v) is 18.7. The van der Waals surface area contributed by atoms with Crippen LogP contribution in [-0.2, 0) is 19.9 Å². The molecule has 5 fully saturated rings. The molecule has 1 unspecified atom stereocenters. The number of hydrogen-bond donors (Lipinski definition) is 4. The van der Waals surface area contributed by atoms with Crippen LogP contribution in [0.3, 0.4) is 0 Å². The highest BCUT2D eigenvalue weighted by Crippen LogP contribution is 2.79. The molecule has 2 atom stereocenters. The van der Waals surface area contributed by atoms with Gasteiger partial charge < -0.3 is 25.5 Å². The van der Waals surface area contributed by atoms with E-state index in [9.17, 15) is 48.4 Å². The minimum absolute atomic E-state index is 0.0499. The summed E-state index contributed by atoms with van der Waals surface area (Å²) in [6.07, 6.45) is 2.20. The number of halogens is 5. The number of carboxylic acid groups (broad SMARTS) is 1. The standard InChI is InChI=1S/C48H59F5N6O7S3/c1-45(2)17-14-33(39(25-45)46-29-47(30-46,31-46)43(49)50)26-58-20-22-59(23-21-58)36-10-8-32(9-11-36)42(60)56-69(65,66)38-12-13-40(41(24-38)68(63,64)48(51,52)53)54-35(28-67-37-6-4-3-5-7-37)16-19-57-18-15-34(27-57)55-44(61)62/h3-13,24,34-35,43,54-55H,14-23,25-31H2,1-2H3,(H,56,60)(H,61,62)/t34-,35?,46?,47?/m0/s1. The van der Waals surface area contributed by atoms with Crippen molar-refractivity contribution in [2.75, 3.05) is 68.3 Å². The molecule has 3 aromatic carbocycles. The van der Waals surface area contributed by atoms with Gasteiger partial charge in [-0.3, -0.25) is 9.69 Å². The molecule has 69 heavy (non-hydrogen) atoms. The van der Waals surface area contributed by atoms with Crippen LogP contribution in [0.15, 0.2) is 98.6 Å². The van der Waals surface area contributed by atoms with Gasteiger partial charge in [-0.15, -0.1) is 11.8 Å². The van der Waals surface area contributed by atoms with Crippen LogP contribution < -0.4 is 20.3 Å². The zero-order valence-electron chi connectivity index (χ0n) is 38.5. The quantitative estimate of drug-likeness (QED) is 0.0546. The van der Waals surface area contributed by atoms with Crippen LogP contribution in [0.2, 0.25) is 0 Å². The first kappa shape index (κ1) is 50.9. The number of sulfone groups is 1. The monoisotopic (exact) mass is 1020 g/mol. The number of nitrogens with one attached hydrogen (secondary N) is 3. The second-order valence-electron chi connectivity index (χ2n) is 20.2. The number of sulfonamides is 1. The van der Waals surface area contributed by atoms with Gasteiger partial charge in [0.2, 0.25) is 6.43 Å². The molecule has 4 N–H and O–H groups in total. The molecule has 2 bridgehead atoms. The Morgan fingerprint density at radius 2 is 1.58 bits per heavy atom. The number of thioether (sulfide) groups is 1. The number of hydrogen-bond acceptors (Lipinski definition) is 11. The Morgan fingerprint density at radius 1 is 0.899 bits per heavy atom. The second-order valence-corrected chi connectivity index (χ2v) is 24.9. The Bertz CT molecular complexity index is 2630. The van der Waals surface area contributed by atoms with Gasteiger partial charge in [0, 0.05) is 91.8 Å². The molecular formula is C48H59F5N6O7S3. The molecule has 376 valence electrons. The van der Waals surface area contributed by atoms with Gasteiger partial charge in [-0.05, 0) is 117 Å². The van der Waals surface area contributed by atoms with Crippen molar-refractivity contribution < 1.29 is 53.5 Å². The number of piperazine rings is 1. The lowest BCUT2D eigenvalue weighted by Crippen LogP contribution is -2.66. The SMILES string of the molecule is CC1(C)CCC(CN2CCN(c3ccc(C(=O)NS(=O)(=O)c4ccc(NC(CCN5CC[C@H](NC(=O)O)C5)CSc5ccccc5)c(S(=O)(=O)C(F)(F)F)c4)cc3)CC2)=C(C23CC(C(F)F)(C2)C3)C1. The van der Waals surface area contributed by atoms with E-state index in [4.69, 9.17) is 5.11 Å². The molecule has 4 aliphatic carbocycles. The molecule has 2 saturated heterocycles. The molecule has 0 aromatic heterocycles. The molecule has 0 spiro atoms. The second kappa shape index (κ2) is 19.6. The van der Waals surface area contributed by atoms with E-state index in [1.807, 2.05) is 40.0 Å². The van der Waals surface area contributed by atoms with Gasteiger partial charge in [0.1, 0.15) is 4.90 Å². The number of carbonyl (C=O) groups excluding carboxylic acids is 1. The van der Waals surface area contributed by atoms with E-state index in [0.717, 1.165) is 61.6 Å². The van der Waals surface area contributed by atoms with E-state index in [1.54, 1.807) is 12.1 Å². The molecule has 3 saturated carbocycles. The molecule has 21 heteroatoms. The molecular weight excluding hydrogens is 964 g/mol. The number of allylic oxidation sites excluding steroid dienone is 1. The fourth-order valence-electron chi connectivity index (χ4n) is 10.9. The fourth-order valence-corrected chi connectivity index (χ4v) is 13.9. The van der Waals surface area contributed by atoms with Crippen LogP contribution in [0.25, 0.3) is 0 Å². The van der Waals surface area contributed by atoms with Gasteiger partial charge in [0.15, 0.2) is 0 Å².